The molecule has 2 spiro atoms. The first-order valence-corrected chi connectivity index (χ1v) is 18.6. The van der Waals surface area contributed by atoms with Gasteiger partial charge in [-0.3, -0.25) is 0 Å². The second kappa shape index (κ2) is 11.0. The quantitative estimate of drug-likeness (QED) is 0.299. The van der Waals surface area contributed by atoms with Gasteiger partial charge in [-0.25, -0.2) is 19.6 Å². The Balaban J connectivity index is 1.12. The van der Waals surface area contributed by atoms with Crippen LogP contribution in [-0.4, -0.2) is 49.6 Å². The number of methoxy groups -OCH3 is 2. The zero-order chi connectivity index (χ0) is 33.4. The van der Waals surface area contributed by atoms with Crippen molar-refractivity contribution >= 4 is 0 Å². The van der Waals surface area contributed by atoms with Crippen LogP contribution >= 0.6 is 0 Å². The van der Waals surface area contributed by atoms with Gasteiger partial charge in [-0.05, 0) is 93.9 Å². The lowest BCUT2D eigenvalue weighted by molar-refractivity contribution is -0.571. The molecule has 0 aromatic heterocycles. The average Bonchev–Trinajstić information content (AvgIpc) is 3.45. The van der Waals surface area contributed by atoms with E-state index in [1.54, 1.807) is 14.2 Å². The summed E-state index contributed by atoms with van der Waals surface area (Å²) < 4.78 is 39.8. The molecule has 8 saturated heterocycles. The fourth-order valence-electron chi connectivity index (χ4n) is 11.9. The Morgan fingerprint density at radius 3 is 1.42 bits per heavy atom. The number of hydrogen-bond donors (Lipinski definition) is 0. The van der Waals surface area contributed by atoms with Crippen LogP contribution in [0.3, 0.4) is 0 Å². The van der Waals surface area contributed by atoms with E-state index in [1.165, 1.54) is 0 Å². The van der Waals surface area contributed by atoms with Crippen molar-refractivity contribution in [2.45, 2.75) is 140 Å². The third-order valence-electron chi connectivity index (χ3n) is 14.5. The highest BCUT2D eigenvalue weighted by Crippen LogP contribution is 2.65. The minimum absolute atomic E-state index is 0.112. The Morgan fingerprint density at radius 1 is 0.562 bits per heavy atom. The van der Waals surface area contributed by atoms with Crippen molar-refractivity contribution in [3.63, 3.8) is 0 Å². The van der Waals surface area contributed by atoms with Gasteiger partial charge in [-0.1, -0.05) is 27.7 Å². The Kier molecular flexibility index (Phi) is 7.43. The number of fused-ring (bicyclic) bond motifs is 4. The molecule has 2 aliphatic carbocycles. The molecule has 10 nitrogen and oxygen atoms in total. The molecule has 16 atom stereocenters. The Morgan fingerprint density at radius 2 is 1.00 bits per heavy atom. The van der Waals surface area contributed by atoms with Gasteiger partial charge in [0.05, 0.1) is 26.4 Å². The van der Waals surface area contributed by atoms with E-state index in [9.17, 15) is 0 Å². The van der Waals surface area contributed by atoms with Crippen molar-refractivity contribution in [2.24, 2.45) is 47.3 Å². The van der Waals surface area contributed by atoms with Crippen LogP contribution in [-0.2, 0) is 38.5 Å². The third kappa shape index (κ3) is 4.27. The lowest BCUT2D eigenvalue weighted by Crippen LogP contribution is -2.69. The molecule has 11 rings (SSSR count). The SMILES string of the molecule is COc1cc(OC)c([C@@H]2O[C@@H]3O[C@@]4(C)CC[C@H]5[C@H](C)CC[C@@H](C2C)[C@@]35OO4)cc1[C@@H]1O[C@@H]2O[C@@]3(C)CC[C@H]4[C@H](C)CC[C@@H](C1C)[C@@]24OO3. The van der Waals surface area contributed by atoms with E-state index in [-0.39, 0.29) is 35.9 Å². The van der Waals surface area contributed by atoms with Crippen molar-refractivity contribution in [3.05, 3.63) is 23.3 Å². The van der Waals surface area contributed by atoms with Crippen LogP contribution in [0.4, 0.5) is 0 Å². The number of hydrogen-bond acceptors (Lipinski definition) is 10. The first-order valence-electron chi connectivity index (χ1n) is 18.6. The van der Waals surface area contributed by atoms with Crippen molar-refractivity contribution < 1.29 is 48.0 Å². The first-order chi connectivity index (χ1) is 23.0. The summed E-state index contributed by atoms with van der Waals surface area (Å²) in [6, 6.07) is 4.22. The van der Waals surface area contributed by atoms with Gasteiger partial charge in [0, 0.05) is 41.9 Å². The van der Waals surface area contributed by atoms with Crippen LogP contribution in [0.1, 0.15) is 116 Å². The molecule has 4 bridgehead atoms. The minimum Gasteiger partial charge on any atom is -0.496 e. The van der Waals surface area contributed by atoms with Gasteiger partial charge >= 0.3 is 0 Å². The average molecular weight is 671 g/mol. The van der Waals surface area contributed by atoms with Crippen LogP contribution < -0.4 is 9.47 Å². The van der Waals surface area contributed by atoms with Gasteiger partial charge in [-0.2, -0.15) is 0 Å². The molecule has 10 aliphatic rings. The standard InChI is InChI=1S/C38H54O10/c1-19-9-11-27-21(3)31(41-33-37(27)25(19)13-15-35(5,43-33)45-47-37)23-17-24(30(40-8)18-29(23)39-7)32-22(4)28-12-10-20(2)26-14-16-36(6)44-34(42-32)38(26,28)48-46-36/h17-22,25-28,31-34H,9-16H2,1-8H3/t19-,20-,21?,22?,25+,26+,27+,28+,31-,32-,33-,34-,35-,36-,37-,38-/m1/s1. The number of rotatable bonds is 4. The highest BCUT2D eigenvalue weighted by molar-refractivity contribution is 5.50. The third-order valence-corrected chi connectivity index (χ3v) is 14.5. The normalized spacial score (nSPS) is 53.7. The van der Waals surface area contributed by atoms with Gasteiger partial charge in [0.2, 0.25) is 11.6 Å². The summed E-state index contributed by atoms with van der Waals surface area (Å²) >= 11 is 0. The molecule has 10 heteroatoms. The van der Waals surface area contributed by atoms with E-state index in [2.05, 4.69) is 33.8 Å². The molecular weight excluding hydrogens is 616 g/mol. The van der Waals surface area contributed by atoms with Gasteiger partial charge < -0.3 is 28.4 Å². The predicted octanol–water partition coefficient (Wildman–Crippen LogP) is 7.55. The highest BCUT2D eigenvalue weighted by Gasteiger charge is 2.71. The Hall–Kier alpha value is -1.50. The highest BCUT2D eigenvalue weighted by atomic mass is 17.3. The fraction of sp³-hybridized carbons (Fsp3) is 0.842. The summed E-state index contributed by atoms with van der Waals surface area (Å²) in [5.74, 6) is 1.99. The van der Waals surface area contributed by atoms with Crippen LogP contribution in [0.25, 0.3) is 0 Å². The molecule has 0 amide bonds. The monoisotopic (exact) mass is 670 g/mol. The fourth-order valence-corrected chi connectivity index (χ4v) is 11.9. The van der Waals surface area contributed by atoms with E-state index < -0.39 is 35.4 Å². The van der Waals surface area contributed by atoms with Gasteiger partial charge in [0.1, 0.15) is 11.5 Å². The molecule has 2 unspecified atom stereocenters. The number of ether oxygens (including phenoxy) is 6. The molecule has 8 heterocycles. The smallest absolute Gasteiger partial charge is 0.201 e. The molecular formula is C38H54O10. The van der Waals surface area contributed by atoms with Gasteiger partial charge in [-0.15, -0.1) is 0 Å². The van der Waals surface area contributed by atoms with Crippen molar-refractivity contribution in [2.75, 3.05) is 14.2 Å². The molecule has 2 saturated carbocycles. The van der Waals surface area contributed by atoms with E-state index in [4.69, 9.17) is 48.0 Å². The van der Waals surface area contributed by atoms with Gasteiger partial charge in [0.25, 0.3) is 0 Å². The molecule has 266 valence electrons. The summed E-state index contributed by atoms with van der Waals surface area (Å²) in [4.78, 5) is 25.1. The lowest BCUT2D eigenvalue weighted by Gasteiger charge is -2.61. The topological polar surface area (TPSA) is 92.3 Å². The van der Waals surface area contributed by atoms with Crippen molar-refractivity contribution in [3.8, 4) is 11.5 Å². The van der Waals surface area contributed by atoms with Gasteiger partial charge in [0.15, 0.2) is 23.8 Å². The summed E-state index contributed by atoms with van der Waals surface area (Å²) in [6.45, 7) is 13.2. The maximum Gasteiger partial charge on any atom is 0.201 e. The van der Waals surface area contributed by atoms with Crippen molar-refractivity contribution in [1.82, 2.24) is 0 Å². The zero-order valence-electron chi connectivity index (χ0n) is 29.8. The van der Waals surface area contributed by atoms with Crippen LogP contribution in [0, 0.1) is 47.3 Å². The largest absolute Gasteiger partial charge is 0.496 e. The molecule has 0 N–H and O–H groups in total. The molecule has 48 heavy (non-hydrogen) atoms. The molecule has 1 aromatic carbocycles. The summed E-state index contributed by atoms with van der Waals surface area (Å²) in [7, 11) is 3.43. The molecule has 0 radical (unpaired) electrons. The summed E-state index contributed by atoms with van der Waals surface area (Å²) in [5.41, 5.74) is 0.679. The first kappa shape index (κ1) is 32.4. The second-order valence-corrected chi connectivity index (χ2v) is 17.0. The zero-order valence-corrected chi connectivity index (χ0v) is 29.8. The maximum atomic E-state index is 7.11. The lowest BCUT2D eigenvalue weighted by atomic mass is 9.56. The number of benzene rings is 1. The second-order valence-electron chi connectivity index (χ2n) is 17.0. The van der Waals surface area contributed by atoms with E-state index in [1.807, 2.05) is 19.9 Å². The summed E-state index contributed by atoms with van der Waals surface area (Å²) in [6.07, 6.45) is 6.21. The minimum atomic E-state index is -0.838. The molecule has 1 aromatic rings. The predicted molar refractivity (Wildman–Crippen MR) is 171 cm³/mol. The molecule has 8 aliphatic heterocycles. The maximum absolute atomic E-state index is 7.11. The van der Waals surface area contributed by atoms with Crippen molar-refractivity contribution in [1.29, 1.82) is 0 Å². The molecule has 10 fully saturated rings. The van der Waals surface area contributed by atoms with Crippen LogP contribution in [0.2, 0.25) is 0 Å². The van der Waals surface area contributed by atoms with E-state index in [0.717, 1.165) is 74.0 Å². The van der Waals surface area contributed by atoms with E-state index >= 15 is 0 Å². The Labute approximate surface area is 284 Å². The van der Waals surface area contributed by atoms with Crippen LogP contribution in [0.15, 0.2) is 12.1 Å². The Bertz CT molecular complexity index is 1340. The van der Waals surface area contributed by atoms with E-state index in [0.29, 0.717) is 23.7 Å². The van der Waals surface area contributed by atoms with Crippen LogP contribution in [0.5, 0.6) is 11.5 Å². The summed E-state index contributed by atoms with van der Waals surface area (Å²) in [5, 5.41) is 0.